The van der Waals surface area contributed by atoms with Gasteiger partial charge in [-0.1, -0.05) is 12.1 Å². The number of rotatable bonds is 6. The fourth-order valence-electron chi connectivity index (χ4n) is 1.86. The van der Waals surface area contributed by atoms with Gasteiger partial charge >= 0.3 is 11.9 Å². The molecule has 23 heavy (non-hydrogen) atoms. The van der Waals surface area contributed by atoms with Gasteiger partial charge in [-0.2, -0.15) is 0 Å². The number of carbonyl (C=O) groups is 2. The molecule has 0 saturated carbocycles. The Balaban J connectivity index is 2.23. The molecule has 0 aliphatic carbocycles. The minimum absolute atomic E-state index is 0.0498. The molecule has 0 bridgehead atoms. The number of nitro benzene ring substituents is 1. The molecule has 2 aromatic rings. The van der Waals surface area contributed by atoms with Crippen LogP contribution >= 0.6 is 0 Å². The fraction of sp³-hybridized carbons (Fsp3) is 0.0667. The number of hydrogen-bond donors (Lipinski definition) is 2. The summed E-state index contributed by atoms with van der Waals surface area (Å²) < 4.78 is 5.36. The number of carboxylic acids is 2. The van der Waals surface area contributed by atoms with Crippen molar-refractivity contribution < 1.29 is 29.5 Å². The molecule has 0 aromatic heterocycles. The van der Waals surface area contributed by atoms with Crippen molar-refractivity contribution in [1.29, 1.82) is 0 Å². The lowest BCUT2D eigenvalue weighted by Crippen LogP contribution is -2.04. The first kappa shape index (κ1) is 16.0. The van der Waals surface area contributed by atoms with E-state index in [1.165, 1.54) is 30.3 Å². The summed E-state index contributed by atoms with van der Waals surface area (Å²) in [6.07, 6.45) is 0. The predicted octanol–water partition coefficient (Wildman–Crippen LogP) is 2.57. The van der Waals surface area contributed by atoms with E-state index < -0.39 is 16.9 Å². The number of nitrogens with zero attached hydrogens (tertiary/aromatic N) is 1. The summed E-state index contributed by atoms with van der Waals surface area (Å²) in [5.74, 6) is -2.52. The van der Waals surface area contributed by atoms with E-state index in [1.54, 1.807) is 6.07 Å². The average Bonchev–Trinajstić information content (AvgIpc) is 2.52. The van der Waals surface area contributed by atoms with E-state index >= 15 is 0 Å². The van der Waals surface area contributed by atoms with Gasteiger partial charge < -0.3 is 14.9 Å². The van der Waals surface area contributed by atoms with Gasteiger partial charge in [-0.3, -0.25) is 10.1 Å². The fourth-order valence-corrected chi connectivity index (χ4v) is 1.86. The van der Waals surface area contributed by atoms with E-state index in [0.717, 1.165) is 6.07 Å². The SMILES string of the molecule is O=C(O)c1cc(OCc2cccc([N+](=O)[O-])c2)cc(C(=O)O)c1. The van der Waals surface area contributed by atoms with Crippen LogP contribution in [0.4, 0.5) is 5.69 Å². The van der Waals surface area contributed by atoms with Gasteiger partial charge in [0.1, 0.15) is 12.4 Å². The molecule has 0 radical (unpaired) electrons. The van der Waals surface area contributed by atoms with Crippen LogP contribution in [0, 0.1) is 10.1 Å². The molecule has 0 spiro atoms. The second-order valence-corrected chi connectivity index (χ2v) is 4.57. The van der Waals surface area contributed by atoms with Crippen molar-refractivity contribution in [1.82, 2.24) is 0 Å². The molecule has 0 aliphatic heterocycles. The molecule has 0 unspecified atom stereocenters. The molecule has 0 fully saturated rings. The number of benzene rings is 2. The van der Waals surface area contributed by atoms with Crippen LogP contribution in [0.3, 0.4) is 0 Å². The summed E-state index contributed by atoms with van der Waals surface area (Å²) >= 11 is 0. The number of carboxylic acid groups (broad SMARTS) is 2. The normalized spacial score (nSPS) is 10.1. The maximum Gasteiger partial charge on any atom is 0.335 e. The molecule has 118 valence electrons. The first-order chi connectivity index (χ1) is 10.9. The van der Waals surface area contributed by atoms with Crippen molar-refractivity contribution in [3.63, 3.8) is 0 Å². The lowest BCUT2D eigenvalue weighted by Gasteiger charge is -2.08. The molecule has 2 aromatic carbocycles. The van der Waals surface area contributed by atoms with Crippen LogP contribution in [0.1, 0.15) is 26.3 Å². The Morgan fingerprint density at radius 1 is 1.04 bits per heavy atom. The third-order valence-corrected chi connectivity index (χ3v) is 2.93. The standard InChI is InChI=1S/C15H11NO7/c17-14(18)10-5-11(15(19)20)7-13(6-10)23-8-9-2-1-3-12(4-9)16(21)22/h1-7H,8H2,(H,17,18)(H,19,20). The Labute approximate surface area is 129 Å². The molecule has 2 N–H and O–H groups in total. The minimum Gasteiger partial charge on any atom is -0.489 e. The van der Waals surface area contributed by atoms with Crippen molar-refractivity contribution in [2.75, 3.05) is 0 Å². The highest BCUT2D eigenvalue weighted by Gasteiger charge is 2.13. The molecule has 0 heterocycles. The van der Waals surface area contributed by atoms with Gasteiger partial charge in [0, 0.05) is 12.1 Å². The summed E-state index contributed by atoms with van der Waals surface area (Å²) in [4.78, 5) is 32.2. The highest BCUT2D eigenvalue weighted by atomic mass is 16.6. The summed E-state index contributed by atoms with van der Waals surface area (Å²) in [6, 6.07) is 9.14. The van der Waals surface area contributed by atoms with Gasteiger partial charge in [0.25, 0.3) is 5.69 Å². The van der Waals surface area contributed by atoms with Crippen LogP contribution in [0.5, 0.6) is 5.75 Å². The second-order valence-electron chi connectivity index (χ2n) is 4.57. The van der Waals surface area contributed by atoms with E-state index in [-0.39, 0.29) is 29.2 Å². The van der Waals surface area contributed by atoms with Crippen LogP contribution < -0.4 is 4.74 Å². The Bertz CT molecular complexity index is 753. The maximum atomic E-state index is 11.0. The number of hydrogen-bond acceptors (Lipinski definition) is 5. The van der Waals surface area contributed by atoms with Crippen molar-refractivity contribution in [2.45, 2.75) is 6.61 Å². The number of nitro groups is 1. The van der Waals surface area contributed by atoms with Gasteiger partial charge in [-0.15, -0.1) is 0 Å². The molecule has 8 nitrogen and oxygen atoms in total. The number of non-ortho nitro benzene ring substituents is 1. The quantitative estimate of drug-likeness (QED) is 0.619. The summed E-state index contributed by atoms with van der Waals surface area (Å²) in [5, 5.41) is 28.7. The Morgan fingerprint density at radius 2 is 1.65 bits per heavy atom. The zero-order valence-corrected chi connectivity index (χ0v) is 11.6. The van der Waals surface area contributed by atoms with E-state index in [4.69, 9.17) is 14.9 Å². The molecule has 0 aliphatic rings. The van der Waals surface area contributed by atoms with Crippen LogP contribution in [-0.4, -0.2) is 27.1 Å². The summed E-state index contributed by atoms with van der Waals surface area (Å²) in [5.41, 5.74) is -0.0497. The predicted molar refractivity (Wildman–Crippen MR) is 77.8 cm³/mol. The summed E-state index contributed by atoms with van der Waals surface area (Å²) in [7, 11) is 0. The Hall–Kier alpha value is -3.42. The Kier molecular flexibility index (Phi) is 4.55. The van der Waals surface area contributed by atoms with Gasteiger partial charge in [0.2, 0.25) is 0 Å². The van der Waals surface area contributed by atoms with Gasteiger partial charge in [-0.25, -0.2) is 9.59 Å². The third kappa shape index (κ3) is 4.03. The second kappa shape index (κ2) is 6.56. The lowest BCUT2D eigenvalue weighted by molar-refractivity contribution is -0.384. The average molecular weight is 317 g/mol. The zero-order chi connectivity index (χ0) is 17.0. The topological polar surface area (TPSA) is 127 Å². The Morgan fingerprint density at radius 3 is 2.17 bits per heavy atom. The van der Waals surface area contributed by atoms with Gasteiger partial charge in [0.15, 0.2) is 0 Å². The van der Waals surface area contributed by atoms with Crippen LogP contribution in [0.25, 0.3) is 0 Å². The van der Waals surface area contributed by atoms with Crippen molar-refractivity contribution in [2.24, 2.45) is 0 Å². The van der Waals surface area contributed by atoms with E-state index in [0.29, 0.717) is 5.56 Å². The number of ether oxygens (including phenoxy) is 1. The van der Waals surface area contributed by atoms with E-state index in [1.807, 2.05) is 0 Å². The van der Waals surface area contributed by atoms with E-state index in [2.05, 4.69) is 0 Å². The molecule has 8 heteroatoms. The third-order valence-electron chi connectivity index (χ3n) is 2.93. The summed E-state index contributed by atoms with van der Waals surface area (Å²) in [6.45, 7) is -0.0657. The van der Waals surface area contributed by atoms with Crippen molar-refractivity contribution >= 4 is 17.6 Å². The van der Waals surface area contributed by atoms with Crippen LogP contribution in [0.2, 0.25) is 0 Å². The van der Waals surface area contributed by atoms with Crippen molar-refractivity contribution in [3.8, 4) is 5.75 Å². The minimum atomic E-state index is -1.28. The smallest absolute Gasteiger partial charge is 0.335 e. The molecular weight excluding hydrogens is 306 g/mol. The molecule has 2 rings (SSSR count). The monoisotopic (exact) mass is 317 g/mol. The lowest BCUT2D eigenvalue weighted by atomic mass is 10.1. The zero-order valence-electron chi connectivity index (χ0n) is 11.6. The molecule has 0 amide bonds. The largest absolute Gasteiger partial charge is 0.489 e. The molecule has 0 saturated heterocycles. The van der Waals surface area contributed by atoms with Gasteiger partial charge in [-0.05, 0) is 23.8 Å². The molecule has 0 atom stereocenters. The highest BCUT2D eigenvalue weighted by molar-refractivity contribution is 5.94. The van der Waals surface area contributed by atoms with E-state index in [9.17, 15) is 19.7 Å². The molecular formula is C15H11NO7. The first-order valence-corrected chi connectivity index (χ1v) is 6.34. The highest BCUT2D eigenvalue weighted by Crippen LogP contribution is 2.20. The van der Waals surface area contributed by atoms with Gasteiger partial charge in [0.05, 0.1) is 16.1 Å². The first-order valence-electron chi connectivity index (χ1n) is 6.34. The number of aromatic carboxylic acids is 2. The van der Waals surface area contributed by atoms with Crippen LogP contribution in [0.15, 0.2) is 42.5 Å². The maximum absolute atomic E-state index is 11.0. The van der Waals surface area contributed by atoms with Crippen molar-refractivity contribution in [3.05, 3.63) is 69.3 Å². The van der Waals surface area contributed by atoms with Crippen LogP contribution in [-0.2, 0) is 6.61 Å².